The topological polar surface area (TPSA) is 71.5 Å². The Labute approximate surface area is 166 Å². The molecule has 0 unspecified atom stereocenters. The van der Waals surface area contributed by atoms with Crippen LogP contribution in [0.2, 0.25) is 0 Å². The Hall–Kier alpha value is -2.84. The standard InChI is InChI=1S/C16H6F9NO4S/c17-13(18,15(21,22)23)14(19,20)16(24,25)31(29,30)26-11(27)8-5-1-3-7-4-2-6-9(10(7)8)12(26)28/h1-6H. The molecule has 0 fully saturated rings. The van der Waals surface area contributed by atoms with Gasteiger partial charge >= 0.3 is 33.3 Å². The molecular weight excluding hydrogens is 473 g/mol. The van der Waals surface area contributed by atoms with Gasteiger partial charge in [-0.2, -0.15) is 52.2 Å². The summed E-state index contributed by atoms with van der Waals surface area (Å²) in [6.07, 6.45) is -7.29. The molecule has 2 aromatic carbocycles. The third-order valence-corrected chi connectivity index (χ3v) is 6.13. The molecule has 3 rings (SSSR count). The fraction of sp³-hybridized carbons (Fsp3) is 0.250. The van der Waals surface area contributed by atoms with Gasteiger partial charge in [0.1, 0.15) is 0 Å². The summed E-state index contributed by atoms with van der Waals surface area (Å²) < 4.78 is 142. The van der Waals surface area contributed by atoms with Crippen LogP contribution in [0, 0.1) is 0 Å². The second kappa shape index (κ2) is 6.34. The van der Waals surface area contributed by atoms with Crippen LogP contribution in [0.15, 0.2) is 36.4 Å². The van der Waals surface area contributed by atoms with Crippen LogP contribution in [0.1, 0.15) is 20.7 Å². The van der Waals surface area contributed by atoms with Gasteiger partial charge in [-0.05, 0) is 17.5 Å². The number of carbonyl (C=O) groups is 2. The highest BCUT2D eigenvalue weighted by molar-refractivity contribution is 7.91. The molecule has 0 spiro atoms. The molecule has 0 N–H and O–H groups in total. The predicted molar refractivity (Wildman–Crippen MR) is 84.3 cm³/mol. The molecule has 31 heavy (non-hydrogen) atoms. The van der Waals surface area contributed by atoms with Crippen LogP contribution in [0.25, 0.3) is 10.8 Å². The summed E-state index contributed by atoms with van der Waals surface area (Å²) in [4.78, 5) is 24.8. The molecule has 0 radical (unpaired) electrons. The van der Waals surface area contributed by atoms with Crippen molar-refractivity contribution in [3.05, 3.63) is 47.5 Å². The molecule has 0 bridgehead atoms. The van der Waals surface area contributed by atoms with E-state index in [0.29, 0.717) is 0 Å². The molecule has 1 heterocycles. The highest BCUT2D eigenvalue weighted by atomic mass is 32.2. The molecular formula is C16H6F9NO4S. The molecule has 0 atom stereocenters. The first kappa shape index (κ1) is 22.8. The smallest absolute Gasteiger partial charge is 0.267 e. The number of rotatable bonds is 4. The predicted octanol–water partition coefficient (Wildman–Crippen LogP) is 4.19. The number of nitrogens with zero attached hydrogens (tertiary/aromatic N) is 1. The van der Waals surface area contributed by atoms with Crippen LogP contribution in [0.3, 0.4) is 0 Å². The van der Waals surface area contributed by atoms with E-state index in [0.717, 1.165) is 24.3 Å². The van der Waals surface area contributed by atoms with Crippen LogP contribution in [-0.4, -0.2) is 47.8 Å². The first-order valence-electron chi connectivity index (χ1n) is 7.76. The minimum atomic E-state index is -7.58. The number of halogens is 9. The quantitative estimate of drug-likeness (QED) is 0.487. The lowest BCUT2D eigenvalue weighted by Crippen LogP contribution is -2.66. The largest absolute Gasteiger partial charge is 0.460 e. The van der Waals surface area contributed by atoms with Crippen molar-refractivity contribution in [3.63, 3.8) is 0 Å². The molecule has 0 saturated carbocycles. The zero-order valence-electron chi connectivity index (χ0n) is 14.4. The number of sulfonamides is 1. The van der Waals surface area contributed by atoms with E-state index in [1.54, 1.807) is 0 Å². The molecule has 0 aromatic heterocycles. The first-order chi connectivity index (χ1) is 13.9. The van der Waals surface area contributed by atoms with E-state index >= 15 is 0 Å². The van der Waals surface area contributed by atoms with Gasteiger partial charge in [-0.15, -0.1) is 0 Å². The van der Waals surface area contributed by atoms with Gasteiger partial charge in [0.2, 0.25) is 0 Å². The normalized spacial score (nSPS) is 16.2. The lowest BCUT2D eigenvalue weighted by molar-refractivity contribution is -0.382. The van der Waals surface area contributed by atoms with E-state index in [1.807, 2.05) is 0 Å². The van der Waals surface area contributed by atoms with Crippen molar-refractivity contribution in [1.29, 1.82) is 0 Å². The van der Waals surface area contributed by atoms with Gasteiger partial charge < -0.3 is 0 Å². The first-order valence-corrected chi connectivity index (χ1v) is 9.20. The fourth-order valence-electron chi connectivity index (χ4n) is 2.86. The molecule has 0 aliphatic carbocycles. The number of imide groups is 1. The highest BCUT2D eigenvalue weighted by Gasteiger charge is 2.86. The lowest BCUT2D eigenvalue weighted by atomic mass is 9.95. The van der Waals surface area contributed by atoms with Crippen molar-refractivity contribution < 1.29 is 57.5 Å². The summed E-state index contributed by atoms with van der Waals surface area (Å²) in [6.45, 7) is 0. The summed E-state index contributed by atoms with van der Waals surface area (Å²) >= 11 is 0. The number of hydrogen-bond donors (Lipinski definition) is 0. The van der Waals surface area contributed by atoms with Crippen LogP contribution >= 0.6 is 0 Å². The van der Waals surface area contributed by atoms with E-state index in [-0.39, 0.29) is 10.8 Å². The van der Waals surface area contributed by atoms with E-state index in [2.05, 4.69) is 0 Å². The van der Waals surface area contributed by atoms with Gasteiger partial charge in [0, 0.05) is 16.5 Å². The Bertz CT molecular complexity index is 1170. The number of alkyl halides is 9. The Kier molecular flexibility index (Phi) is 4.67. The van der Waals surface area contributed by atoms with Gasteiger partial charge in [0.15, 0.2) is 0 Å². The molecule has 5 nitrogen and oxygen atoms in total. The number of hydrogen-bond acceptors (Lipinski definition) is 4. The van der Waals surface area contributed by atoms with Crippen molar-refractivity contribution in [2.24, 2.45) is 0 Å². The molecule has 15 heteroatoms. The minimum absolute atomic E-state index is 0.134. The lowest BCUT2D eigenvalue weighted by Gasteiger charge is -2.36. The molecule has 2 amide bonds. The fourth-order valence-corrected chi connectivity index (χ4v) is 4.18. The Morgan fingerprint density at radius 1 is 0.677 bits per heavy atom. The Morgan fingerprint density at radius 3 is 1.48 bits per heavy atom. The summed E-state index contributed by atoms with van der Waals surface area (Å²) in [6, 6.07) is 6.49. The van der Waals surface area contributed by atoms with Crippen LogP contribution in [0.5, 0.6) is 0 Å². The third-order valence-electron chi connectivity index (χ3n) is 4.41. The van der Waals surface area contributed by atoms with Crippen LogP contribution < -0.4 is 0 Å². The van der Waals surface area contributed by atoms with E-state index in [9.17, 15) is 57.5 Å². The highest BCUT2D eigenvalue weighted by Crippen LogP contribution is 2.55. The summed E-state index contributed by atoms with van der Waals surface area (Å²) in [7, 11) is -7.43. The Morgan fingerprint density at radius 2 is 1.10 bits per heavy atom. The van der Waals surface area contributed by atoms with Gasteiger partial charge in [-0.3, -0.25) is 9.59 Å². The zero-order chi connectivity index (χ0) is 23.8. The summed E-state index contributed by atoms with van der Waals surface area (Å²) in [5, 5.41) is -7.33. The summed E-state index contributed by atoms with van der Waals surface area (Å²) in [5.74, 6) is -19.4. The molecule has 1 aliphatic rings. The minimum Gasteiger partial charge on any atom is -0.267 e. The zero-order valence-corrected chi connectivity index (χ0v) is 15.2. The second-order valence-electron chi connectivity index (χ2n) is 6.25. The van der Waals surface area contributed by atoms with Gasteiger partial charge in [-0.25, -0.2) is 0 Å². The van der Waals surface area contributed by atoms with Crippen LogP contribution in [-0.2, 0) is 10.0 Å². The third kappa shape index (κ3) is 2.74. The molecule has 0 saturated heterocycles. The summed E-state index contributed by atoms with van der Waals surface area (Å²) in [5.41, 5.74) is -1.50. The van der Waals surface area contributed by atoms with Crippen molar-refractivity contribution in [2.45, 2.75) is 23.3 Å². The molecule has 2 aromatic rings. The monoisotopic (exact) mass is 479 g/mol. The van der Waals surface area contributed by atoms with Crippen molar-refractivity contribution >= 4 is 32.6 Å². The van der Waals surface area contributed by atoms with E-state index < -0.39 is 60.5 Å². The Balaban J connectivity index is 2.23. The maximum Gasteiger partial charge on any atom is 0.460 e. The number of carbonyl (C=O) groups excluding carboxylic acids is 2. The molecule has 168 valence electrons. The van der Waals surface area contributed by atoms with Crippen molar-refractivity contribution in [1.82, 2.24) is 4.31 Å². The average Bonchev–Trinajstić information content (AvgIpc) is 2.64. The maximum absolute atomic E-state index is 14.1. The maximum atomic E-state index is 14.1. The van der Waals surface area contributed by atoms with Gasteiger partial charge in [-0.1, -0.05) is 24.3 Å². The van der Waals surface area contributed by atoms with Gasteiger partial charge in [0.25, 0.3) is 11.8 Å². The number of amides is 2. The van der Waals surface area contributed by atoms with Crippen molar-refractivity contribution in [2.75, 3.05) is 0 Å². The van der Waals surface area contributed by atoms with Crippen LogP contribution in [0.4, 0.5) is 39.5 Å². The molecule has 1 aliphatic heterocycles. The average molecular weight is 479 g/mol. The second-order valence-corrected chi connectivity index (χ2v) is 8.08. The SMILES string of the molecule is O=C1c2cccc3cccc(c23)C(=O)N1S(=O)(=O)C(F)(F)C(F)(F)C(F)(F)C(F)(F)F. The van der Waals surface area contributed by atoms with Crippen molar-refractivity contribution in [3.8, 4) is 0 Å². The number of benzene rings is 2. The van der Waals surface area contributed by atoms with Gasteiger partial charge in [0.05, 0.1) is 0 Å². The van der Waals surface area contributed by atoms with E-state index in [1.165, 1.54) is 12.1 Å². The van der Waals surface area contributed by atoms with E-state index in [4.69, 9.17) is 0 Å².